The van der Waals surface area contributed by atoms with E-state index in [1.807, 2.05) is 0 Å². The van der Waals surface area contributed by atoms with Crippen molar-refractivity contribution in [1.29, 1.82) is 0 Å². The average molecular weight is 301 g/mol. The van der Waals surface area contributed by atoms with Crippen LogP contribution in [0.2, 0.25) is 0 Å². The zero-order valence-electron chi connectivity index (χ0n) is 11.6. The number of hydrogen-bond acceptors (Lipinski definition) is 3. The molecule has 1 aromatic rings. The van der Waals surface area contributed by atoms with Crippen molar-refractivity contribution in [1.82, 2.24) is 5.32 Å². The zero-order valence-corrected chi connectivity index (χ0v) is 11.6. The summed E-state index contributed by atoms with van der Waals surface area (Å²) < 4.78 is 51.0. The van der Waals surface area contributed by atoms with Crippen molar-refractivity contribution >= 4 is 0 Å². The van der Waals surface area contributed by atoms with Gasteiger partial charge in [-0.2, -0.15) is 13.2 Å². The van der Waals surface area contributed by atoms with Crippen LogP contribution in [0.15, 0.2) is 12.1 Å². The molecule has 0 bridgehead atoms. The Morgan fingerprint density at radius 3 is 2.33 bits per heavy atom. The predicted octanol–water partition coefficient (Wildman–Crippen LogP) is 3.68. The summed E-state index contributed by atoms with van der Waals surface area (Å²) in [4.78, 5) is 0. The first kappa shape index (κ1) is 14.5. The SMILES string of the molecule is FC(F)(F)c1cc2c(cc1C1CCCCN1)OCCCO2. The Kier molecular flexibility index (Phi) is 3.97. The number of halogens is 3. The largest absolute Gasteiger partial charge is 0.490 e. The number of hydrogen-bond donors (Lipinski definition) is 1. The van der Waals surface area contributed by atoms with Crippen LogP contribution in [-0.2, 0) is 6.18 Å². The lowest BCUT2D eigenvalue weighted by Crippen LogP contribution is -2.28. The molecular formula is C15H18F3NO2. The smallest absolute Gasteiger partial charge is 0.416 e. The van der Waals surface area contributed by atoms with Crippen molar-refractivity contribution in [2.75, 3.05) is 19.8 Å². The highest BCUT2D eigenvalue weighted by Gasteiger charge is 2.37. The van der Waals surface area contributed by atoms with Crippen LogP contribution < -0.4 is 14.8 Å². The molecule has 2 aliphatic heterocycles. The van der Waals surface area contributed by atoms with E-state index in [0.717, 1.165) is 25.5 Å². The van der Waals surface area contributed by atoms with Crippen LogP contribution in [0, 0.1) is 0 Å². The van der Waals surface area contributed by atoms with Gasteiger partial charge in [-0.3, -0.25) is 0 Å². The summed E-state index contributed by atoms with van der Waals surface area (Å²) in [6.07, 6.45) is -1.07. The molecular weight excluding hydrogens is 283 g/mol. The molecule has 6 heteroatoms. The summed E-state index contributed by atoms with van der Waals surface area (Å²) in [7, 11) is 0. The second-order valence-electron chi connectivity index (χ2n) is 5.44. The van der Waals surface area contributed by atoms with Crippen LogP contribution in [0.1, 0.15) is 42.9 Å². The molecule has 0 aromatic heterocycles. The Labute approximate surface area is 121 Å². The number of fused-ring (bicyclic) bond motifs is 1. The van der Waals surface area contributed by atoms with E-state index in [1.54, 1.807) is 0 Å². The third-order valence-electron chi connectivity index (χ3n) is 3.91. The third kappa shape index (κ3) is 3.10. The van der Waals surface area contributed by atoms with E-state index in [4.69, 9.17) is 9.47 Å². The summed E-state index contributed by atoms with van der Waals surface area (Å²) in [6.45, 7) is 1.59. The molecule has 0 saturated carbocycles. The molecule has 0 spiro atoms. The molecule has 1 aromatic carbocycles. The monoisotopic (exact) mass is 301 g/mol. The normalized spacial score (nSPS) is 22.7. The van der Waals surface area contributed by atoms with E-state index in [1.165, 1.54) is 6.07 Å². The van der Waals surface area contributed by atoms with E-state index in [0.29, 0.717) is 31.8 Å². The molecule has 2 heterocycles. The Bertz CT molecular complexity index is 510. The second-order valence-corrected chi connectivity index (χ2v) is 5.44. The summed E-state index contributed by atoms with van der Waals surface area (Å²) >= 11 is 0. The molecule has 1 atom stereocenters. The van der Waals surface area contributed by atoms with Gasteiger partial charge in [-0.05, 0) is 37.1 Å². The highest BCUT2D eigenvalue weighted by atomic mass is 19.4. The van der Waals surface area contributed by atoms with E-state index in [-0.39, 0.29) is 17.4 Å². The van der Waals surface area contributed by atoms with Gasteiger partial charge in [0.15, 0.2) is 11.5 Å². The molecule has 1 saturated heterocycles. The average Bonchev–Trinajstić information content (AvgIpc) is 2.70. The van der Waals surface area contributed by atoms with Crippen LogP contribution in [0.3, 0.4) is 0 Å². The van der Waals surface area contributed by atoms with Gasteiger partial charge in [0.1, 0.15) is 0 Å². The van der Waals surface area contributed by atoms with E-state index in [9.17, 15) is 13.2 Å². The first-order chi connectivity index (χ1) is 10.1. The van der Waals surface area contributed by atoms with Gasteiger partial charge in [0.25, 0.3) is 0 Å². The molecule has 2 aliphatic rings. The van der Waals surface area contributed by atoms with Crippen molar-refractivity contribution in [3.8, 4) is 11.5 Å². The number of ether oxygens (including phenoxy) is 2. The predicted molar refractivity (Wildman–Crippen MR) is 71.6 cm³/mol. The zero-order chi connectivity index (χ0) is 14.9. The molecule has 1 N–H and O–H groups in total. The first-order valence-electron chi connectivity index (χ1n) is 7.30. The number of alkyl halides is 3. The minimum atomic E-state index is -4.39. The number of rotatable bonds is 1. The van der Waals surface area contributed by atoms with Gasteiger partial charge in [-0.25, -0.2) is 0 Å². The second kappa shape index (κ2) is 5.75. The van der Waals surface area contributed by atoms with Gasteiger partial charge >= 0.3 is 6.18 Å². The molecule has 3 nitrogen and oxygen atoms in total. The first-order valence-corrected chi connectivity index (χ1v) is 7.30. The van der Waals surface area contributed by atoms with Crippen molar-refractivity contribution in [3.63, 3.8) is 0 Å². The van der Waals surface area contributed by atoms with Gasteiger partial charge in [-0.15, -0.1) is 0 Å². The summed E-state index contributed by atoms with van der Waals surface area (Å²) in [5, 5.41) is 3.17. The molecule has 0 aliphatic carbocycles. The lowest BCUT2D eigenvalue weighted by Gasteiger charge is -2.27. The molecule has 1 unspecified atom stereocenters. The highest BCUT2D eigenvalue weighted by molar-refractivity contribution is 5.50. The highest BCUT2D eigenvalue weighted by Crippen LogP contribution is 2.43. The van der Waals surface area contributed by atoms with Crippen molar-refractivity contribution in [2.45, 2.75) is 37.9 Å². The molecule has 116 valence electrons. The van der Waals surface area contributed by atoms with Crippen molar-refractivity contribution < 1.29 is 22.6 Å². The summed E-state index contributed by atoms with van der Waals surface area (Å²) in [6, 6.07) is 2.33. The van der Waals surface area contributed by atoms with E-state index in [2.05, 4.69) is 5.32 Å². The topological polar surface area (TPSA) is 30.5 Å². The van der Waals surface area contributed by atoms with Gasteiger partial charge < -0.3 is 14.8 Å². The minimum absolute atomic E-state index is 0.194. The van der Waals surface area contributed by atoms with Crippen molar-refractivity contribution in [2.24, 2.45) is 0 Å². The van der Waals surface area contributed by atoms with E-state index < -0.39 is 11.7 Å². The van der Waals surface area contributed by atoms with Gasteiger partial charge in [0.05, 0.1) is 18.8 Å². The maximum Gasteiger partial charge on any atom is 0.416 e. The maximum atomic E-state index is 13.4. The van der Waals surface area contributed by atoms with Crippen LogP contribution in [0.4, 0.5) is 13.2 Å². The standard InChI is InChI=1S/C15H18F3NO2/c16-15(17,18)11-9-14-13(20-6-3-7-21-14)8-10(11)12-4-1-2-5-19-12/h8-9,12,19H,1-7H2. The maximum absolute atomic E-state index is 13.4. The van der Waals surface area contributed by atoms with Gasteiger partial charge in [-0.1, -0.05) is 6.42 Å². The minimum Gasteiger partial charge on any atom is -0.490 e. The fraction of sp³-hybridized carbons (Fsp3) is 0.600. The molecule has 0 radical (unpaired) electrons. The van der Waals surface area contributed by atoms with Gasteiger partial charge in [0, 0.05) is 12.5 Å². The number of piperidine rings is 1. The van der Waals surface area contributed by atoms with Crippen LogP contribution >= 0.6 is 0 Å². The molecule has 1 fully saturated rings. The Balaban J connectivity index is 2.04. The quantitative estimate of drug-likeness (QED) is 0.858. The van der Waals surface area contributed by atoms with Crippen molar-refractivity contribution in [3.05, 3.63) is 23.3 Å². The fourth-order valence-corrected chi connectivity index (χ4v) is 2.88. The number of benzene rings is 1. The van der Waals surface area contributed by atoms with E-state index >= 15 is 0 Å². The lowest BCUT2D eigenvalue weighted by atomic mass is 9.92. The Morgan fingerprint density at radius 1 is 1.00 bits per heavy atom. The lowest BCUT2D eigenvalue weighted by molar-refractivity contribution is -0.138. The number of nitrogens with one attached hydrogen (secondary N) is 1. The Hall–Kier alpha value is -1.43. The third-order valence-corrected chi connectivity index (χ3v) is 3.91. The van der Waals surface area contributed by atoms with Crippen LogP contribution in [-0.4, -0.2) is 19.8 Å². The summed E-state index contributed by atoms with van der Waals surface area (Å²) in [5.41, 5.74) is -0.349. The fourth-order valence-electron chi connectivity index (χ4n) is 2.88. The molecule has 21 heavy (non-hydrogen) atoms. The van der Waals surface area contributed by atoms with Crippen LogP contribution in [0.5, 0.6) is 11.5 Å². The van der Waals surface area contributed by atoms with Crippen LogP contribution in [0.25, 0.3) is 0 Å². The van der Waals surface area contributed by atoms with Gasteiger partial charge in [0.2, 0.25) is 0 Å². The summed E-state index contributed by atoms with van der Waals surface area (Å²) in [5.74, 6) is 0.613. The molecule has 3 rings (SSSR count). The molecule has 0 amide bonds. The Morgan fingerprint density at radius 2 is 1.71 bits per heavy atom.